The molecule has 1 N–H and O–H groups in total. The average molecular weight is 334 g/mol. The number of benzene rings is 1. The van der Waals surface area contributed by atoms with Crippen molar-refractivity contribution in [3.63, 3.8) is 0 Å². The summed E-state index contributed by atoms with van der Waals surface area (Å²) in [5.74, 6) is 2.11. The maximum Gasteiger partial charge on any atom is 0.272 e. The number of aromatic nitrogens is 2. The summed E-state index contributed by atoms with van der Waals surface area (Å²) < 4.78 is 29.4. The molecule has 3 rings (SSSR count). The molecule has 0 amide bonds. The van der Waals surface area contributed by atoms with Gasteiger partial charge in [0.1, 0.15) is 30.3 Å². The van der Waals surface area contributed by atoms with Crippen molar-refractivity contribution in [2.75, 3.05) is 29.9 Å². The Morgan fingerprint density at radius 1 is 1.17 bits per heavy atom. The van der Waals surface area contributed by atoms with Crippen molar-refractivity contribution in [2.24, 2.45) is 0 Å². The Hall–Kier alpha value is -2.44. The van der Waals surface area contributed by atoms with Gasteiger partial charge in [0.15, 0.2) is 0 Å². The molecule has 0 unspecified atom stereocenters. The first-order chi connectivity index (χ1) is 11.7. The standard InChI is InChI=1S/C17H20F2N4O/c18-15(19)11-24-14-5-3-4-13(8-14)10-20-16-9-17(22-12-21-16)23-6-1-2-7-23/h3-5,8-9,12,15H,1-2,6-7,10-11H2,(H,20,21,22). The first-order valence-corrected chi connectivity index (χ1v) is 8.01. The molecule has 2 heterocycles. The first kappa shape index (κ1) is 16.4. The Bertz CT molecular complexity index is 663. The summed E-state index contributed by atoms with van der Waals surface area (Å²) in [6.07, 6.45) is 1.46. The van der Waals surface area contributed by atoms with E-state index >= 15 is 0 Å². The molecule has 5 nitrogen and oxygen atoms in total. The molecule has 24 heavy (non-hydrogen) atoms. The lowest BCUT2D eigenvalue weighted by Gasteiger charge is -2.16. The lowest BCUT2D eigenvalue weighted by Crippen LogP contribution is -2.19. The number of rotatable bonds is 7. The van der Waals surface area contributed by atoms with Gasteiger partial charge in [0.25, 0.3) is 6.43 Å². The van der Waals surface area contributed by atoms with Crippen LogP contribution in [0.15, 0.2) is 36.7 Å². The van der Waals surface area contributed by atoms with Gasteiger partial charge in [-0.25, -0.2) is 18.7 Å². The zero-order chi connectivity index (χ0) is 16.8. The summed E-state index contributed by atoms with van der Waals surface area (Å²) in [7, 11) is 0. The molecule has 7 heteroatoms. The van der Waals surface area contributed by atoms with E-state index in [1.54, 1.807) is 24.5 Å². The van der Waals surface area contributed by atoms with Crippen LogP contribution in [0, 0.1) is 0 Å². The van der Waals surface area contributed by atoms with Gasteiger partial charge in [-0.2, -0.15) is 0 Å². The SMILES string of the molecule is FC(F)COc1cccc(CNc2cc(N3CCCC3)ncn2)c1. The van der Waals surface area contributed by atoms with Gasteiger partial charge in [-0.15, -0.1) is 0 Å². The number of alkyl halides is 2. The van der Waals surface area contributed by atoms with Crippen molar-refractivity contribution in [1.29, 1.82) is 0 Å². The number of ether oxygens (including phenoxy) is 1. The molecule has 1 fully saturated rings. The second-order valence-electron chi connectivity index (χ2n) is 5.66. The smallest absolute Gasteiger partial charge is 0.272 e. The zero-order valence-electron chi connectivity index (χ0n) is 13.3. The van der Waals surface area contributed by atoms with Gasteiger partial charge in [0.2, 0.25) is 0 Å². The number of hydrogen-bond acceptors (Lipinski definition) is 5. The van der Waals surface area contributed by atoms with Crippen LogP contribution in [0.2, 0.25) is 0 Å². The van der Waals surface area contributed by atoms with E-state index in [2.05, 4.69) is 20.2 Å². The monoisotopic (exact) mass is 334 g/mol. The van der Waals surface area contributed by atoms with Crippen molar-refractivity contribution in [1.82, 2.24) is 9.97 Å². The quantitative estimate of drug-likeness (QED) is 0.842. The van der Waals surface area contributed by atoms with Gasteiger partial charge in [0.05, 0.1) is 0 Å². The van der Waals surface area contributed by atoms with Gasteiger partial charge < -0.3 is 15.0 Å². The van der Waals surface area contributed by atoms with E-state index < -0.39 is 13.0 Å². The first-order valence-electron chi connectivity index (χ1n) is 8.01. The second kappa shape index (κ2) is 7.90. The highest BCUT2D eigenvalue weighted by atomic mass is 19.3. The van der Waals surface area contributed by atoms with Crippen LogP contribution >= 0.6 is 0 Å². The van der Waals surface area contributed by atoms with Crippen LogP contribution in [0.4, 0.5) is 20.4 Å². The summed E-state index contributed by atoms with van der Waals surface area (Å²) >= 11 is 0. The summed E-state index contributed by atoms with van der Waals surface area (Å²) in [5.41, 5.74) is 0.933. The van der Waals surface area contributed by atoms with Crippen LogP contribution in [0.1, 0.15) is 18.4 Å². The number of halogens is 2. The predicted molar refractivity (Wildman–Crippen MR) is 88.7 cm³/mol. The molecule has 0 saturated carbocycles. The van der Waals surface area contributed by atoms with E-state index in [0.717, 1.165) is 30.3 Å². The van der Waals surface area contributed by atoms with E-state index in [1.165, 1.54) is 12.8 Å². The highest BCUT2D eigenvalue weighted by molar-refractivity contribution is 5.49. The fourth-order valence-electron chi connectivity index (χ4n) is 2.66. The van der Waals surface area contributed by atoms with Crippen LogP contribution in [0.25, 0.3) is 0 Å². The van der Waals surface area contributed by atoms with Gasteiger partial charge in [-0.1, -0.05) is 12.1 Å². The number of anilines is 2. The molecule has 0 spiro atoms. The highest BCUT2D eigenvalue weighted by Gasteiger charge is 2.14. The lowest BCUT2D eigenvalue weighted by molar-refractivity contribution is 0.0818. The second-order valence-corrected chi connectivity index (χ2v) is 5.66. The molecule has 128 valence electrons. The van der Waals surface area contributed by atoms with Gasteiger partial charge >= 0.3 is 0 Å². The molecule has 0 bridgehead atoms. The zero-order valence-corrected chi connectivity index (χ0v) is 13.3. The Labute approximate surface area is 139 Å². The number of nitrogens with zero attached hydrogens (tertiary/aromatic N) is 3. The van der Waals surface area contributed by atoms with Crippen LogP contribution in [0.5, 0.6) is 5.75 Å². The van der Waals surface area contributed by atoms with Crippen molar-refractivity contribution >= 4 is 11.6 Å². The molecule has 1 aliphatic rings. The molecule has 1 aromatic heterocycles. The Balaban J connectivity index is 1.59. The predicted octanol–water partition coefficient (Wildman–Crippen LogP) is 3.33. The summed E-state index contributed by atoms with van der Waals surface area (Å²) in [6.45, 7) is 1.99. The molecule has 1 saturated heterocycles. The molecule has 0 aliphatic carbocycles. The third-order valence-corrected chi connectivity index (χ3v) is 3.83. The Morgan fingerprint density at radius 3 is 2.79 bits per heavy atom. The minimum Gasteiger partial charge on any atom is -0.488 e. The van der Waals surface area contributed by atoms with Crippen LogP contribution in [-0.2, 0) is 6.54 Å². The van der Waals surface area contributed by atoms with E-state index in [9.17, 15) is 8.78 Å². The molecule has 2 aromatic rings. The third kappa shape index (κ3) is 4.53. The van der Waals surface area contributed by atoms with E-state index in [1.807, 2.05) is 12.1 Å². The fourth-order valence-corrected chi connectivity index (χ4v) is 2.66. The van der Waals surface area contributed by atoms with Crippen LogP contribution in [0.3, 0.4) is 0 Å². The topological polar surface area (TPSA) is 50.3 Å². The van der Waals surface area contributed by atoms with E-state index in [-0.39, 0.29) is 0 Å². The maximum atomic E-state index is 12.2. The van der Waals surface area contributed by atoms with Crippen molar-refractivity contribution in [2.45, 2.75) is 25.8 Å². The van der Waals surface area contributed by atoms with Crippen molar-refractivity contribution in [3.05, 3.63) is 42.2 Å². The summed E-state index contributed by atoms with van der Waals surface area (Å²) in [4.78, 5) is 10.8. The van der Waals surface area contributed by atoms with E-state index in [4.69, 9.17) is 4.74 Å². The normalized spacial score (nSPS) is 14.2. The Kier molecular flexibility index (Phi) is 5.40. The van der Waals surface area contributed by atoms with Crippen LogP contribution < -0.4 is 15.0 Å². The molecule has 0 atom stereocenters. The largest absolute Gasteiger partial charge is 0.488 e. The molecule has 1 aromatic carbocycles. The molecule has 0 radical (unpaired) electrons. The Morgan fingerprint density at radius 2 is 2.00 bits per heavy atom. The minimum atomic E-state index is -2.48. The maximum absolute atomic E-state index is 12.2. The average Bonchev–Trinajstić information content (AvgIpc) is 3.13. The van der Waals surface area contributed by atoms with Crippen molar-refractivity contribution in [3.8, 4) is 5.75 Å². The van der Waals surface area contributed by atoms with Gasteiger partial charge in [0, 0.05) is 25.7 Å². The molecular formula is C17H20F2N4O. The number of hydrogen-bond donors (Lipinski definition) is 1. The minimum absolute atomic E-state index is 0.440. The van der Waals surface area contributed by atoms with Crippen molar-refractivity contribution < 1.29 is 13.5 Å². The summed E-state index contributed by atoms with van der Waals surface area (Å²) in [6, 6.07) is 9.04. The molecular weight excluding hydrogens is 314 g/mol. The fraction of sp³-hybridized carbons (Fsp3) is 0.412. The lowest BCUT2D eigenvalue weighted by atomic mass is 10.2. The molecule has 1 aliphatic heterocycles. The van der Waals surface area contributed by atoms with Crippen LogP contribution in [-0.4, -0.2) is 36.1 Å². The van der Waals surface area contributed by atoms with E-state index in [0.29, 0.717) is 12.3 Å². The van der Waals surface area contributed by atoms with Gasteiger partial charge in [-0.3, -0.25) is 0 Å². The third-order valence-electron chi connectivity index (χ3n) is 3.83. The summed E-state index contributed by atoms with van der Waals surface area (Å²) in [5, 5.41) is 3.24. The highest BCUT2D eigenvalue weighted by Crippen LogP contribution is 2.20. The van der Waals surface area contributed by atoms with Gasteiger partial charge in [-0.05, 0) is 30.5 Å². The number of nitrogens with one attached hydrogen (secondary N) is 1.